The van der Waals surface area contributed by atoms with E-state index in [2.05, 4.69) is 0 Å². The highest BCUT2D eigenvalue weighted by Crippen LogP contribution is 2.40. The first-order chi connectivity index (χ1) is 9.43. The average Bonchev–Trinajstić information content (AvgIpc) is 2.42. The number of benzene rings is 2. The van der Waals surface area contributed by atoms with E-state index in [0.717, 1.165) is 16.7 Å². The van der Waals surface area contributed by atoms with Crippen LogP contribution in [0.2, 0.25) is 15.1 Å². The summed E-state index contributed by atoms with van der Waals surface area (Å²) < 4.78 is 5.13. The van der Waals surface area contributed by atoms with E-state index in [0.29, 0.717) is 20.8 Å². The van der Waals surface area contributed by atoms with Crippen molar-refractivity contribution in [3.63, 3.8) is 0 Å². The number of rotatable bonds is 3. The van der Waals surface area contributed by atoms with Gasteiger partial charge in [-0.2, -0.15) is 0 Å². The zero-order valence-corrected chi connectivity index (χ0v) is 13.9. The Kier molecular flexibility index (Phi) is 5.09. The van der Waals surface area contributed by atoms with Crippen molar-refractivity contribution in [1.29, 1.82) is 0 Å². The first kappa shape index (κ1) is 15.8. The van der Waals surface area contributed by atoms with Gasteiger partial charge < -0.3 is 4.74 Å². The second-order valence-electron chi connectivity index (χ2n) is 4.37. The molecule has 0 amide bonds. The minimum absolute atomic E-state index is 0.426. The largest absolute Gasteiger partial charge is 0.495 e. The Morgan fingerprint density at radius 2 is 1.65 bits per heavy atom. The third kappa shape index (κ3) is 3.17. The van der Waals surface area contributed by atoms with Gasteiger partial charge in [0.25, 0.3) is 0 Å². The molecule has 0 aliphatic rings. The van der Waals surface area contributed by atoms with Gasteiger partial charge >= 0.3 is 0 Å². The van der Waals surface area contributed by atoms with Crippen molar-refractivity contribution in [2.75, 3.05) is 7.11 Å². The zero-order valence-electron chi connectivity index (χ0n) is 10.9. The summed E-state index contributed by atoms with van der Waals surface area (Å²) in [5.41, 5.74) is 2.67. The highest BCUT2D eigenvalue weighted by atomic mass is 35.5. The molecule has 0 aromatic heterocycles. The van der Waals surface area contributed by atoms with Gasteiger partial charge in [-0.1, -0.05) is 40.9 Å². The van der Waals surface area contributed by atoms with E-state index in [9.17, 15) is 0 Å². The number of ether oxygens (including phenoxy) is 1. The topological polar surface area (TPSA) is 9.23 Å². The van der Waals surface area contributed by atoms with E-state index in [1.165, 1.54) is 7.11 Å². The molecule has 0 spiro atoms. The molecule has 0 heterocycles. The number of halogens is 4. The summed E-state index contributed by atoms with van der Waals surface area (Å²) in [4.78, 5) is 0. The fraction of sp³-hybridized carbons (Fsp3) is 0.200. The fourth-order valence-corrected chi connectivity index (χ4v) is 3.11. The molecule has 0 fully saturated rings. The van der Waals surface area contributed by atoms with Gasteiger partial charge in [0.1, 0.15) is 5.75 Å². The Labute approximate surface area is 138 Å². The number of aryl methyl sites for hydroxylation is 1. The van der Waals surface area contributed by atoms with Crippen LogP contribution < -0.4 is 4.74 Å². The summed E-state index contributed by atoms with van der Waals surface area (Å²) >= 11 is 25.0. The maximum absolute atomic E-state index is 6.54. The fourth-order valence-electron chi connectivity index (χ4n) is 1.95. The van der Waals surface area contributed by atoms with Gasteiger partial charge in [0.15, 0.2) is 0 Å². The third-order valence-electron chi connectivity index (χ3n) is 3.06. The maximum Gasteiger partial charge on any atom is 0.138 e. The van der Waals surface area contributed by atoms with Crippen LogP contribution in [0.1, 0.15) is 22.1 Å². The van der Waals surface area contributed by atoms with Crippen LogP contribution >= 0.6 is 46.4 Å². The molecule has 2 aromatic carbocycles. The Bertz CT molecular complexity index is 640. The maximum atomic E-state index is 6.54. The van der Waals surface area contributed by atoms with Crippen molar-refractivity contribution >= 4 is 46.4 Å². The number of alkyl halides is 1. The van der Waals surface area contributed by atoms with Gasteiger partial charge in [-0.15, -0.1) is 11.6 Å². The lowest BCUT2D eigenvalue weighted by molar-refractivity contribution is 0.415. The zero-order chi connectivity index (χ0) is 14.9. The first-order valence-corrected chi connectivity index (χ1v) is 7.44. The molecule has 1 nitrogen and oxygen atoms in total. The summed E-state index contributed by atoms with van der Waals surface area (Å²) in [7, 11) is 1.54. The predicted molar refractivity (Wildman–Crippen MR) is 86.9 cm³/mol. The van der Waals surface area contributed by atoms with E-state index >= 15 is 0 Å². The van der Waals surface area contributed by atoms with Gasteiger partial charge in [0.2, 0.25) is 0 Å². The minimum atomic E-state index is -0.426. The van der Waals surface area contributed by atoms with Crippen LogP contribution in [0.3, 0.4) is 0 Å². The molecular formula is C15H12Cl4O. The monoisotopic (exact) mass is 348 g/mol. The molecule has 1 unspecified atom stereocenters. The molecule has 5 heteroatoms. The molecule has 0 aliphatic carbocycles. The summed E-state index contributed by atoms with van der Waals surface area (Å²) in [6, 6.07) is 8.97. The van der Waals surface area contributed by atoms with Crippen molar-refractivity contribution < 1.29 is 4.74 Å². The quantitative estimate of drug-likeness (QED) is 0.591. The molecule has 0 saturated carbocycles. The van der Waals surface area contributed by atoms with Crippen LogP contribution in [-0.2, 0) is 0 Å². The summed E-state index contributed by atoms with van der Waals surface area (Å²) in [5, 5.41) is 1.18. The predicted octanol–water partition coefficient (Wildman–Crippen LogP) is 6.29. The summed E-state index contributed by atoms with van der Waals surface area (Å²) in [5.74, 6) is 0.520. The number of hydrogen-bond donors (Lipinski definition) is 0. The summed E-state index contributed by atoms with van der Waals surface area (Å²) in [6.45, 7) is 1.97. The van der Waals surface area contributed by atoms with E-state index in [1.807, 2.05) is 25.1 Å². The lowest BCUT2D eigenvalue weighted by atomic mass is 10.00. The average molecular weight is 350 g/mol. The van der Waals surface area contributed by atoms with Crippen LogP contribution in [-0.4, -0.2) is 7.11 Å². The Morgan fingerprint density at radius 3 is 2.30 bits per heavy atom. The SMILES string of the molecule is COc1cc(Cl)c(C(Cl)c2cc(Cl)ccc2C)cc1Cl. The second kappa shape index (κ2) is 6.44. The molecule has 2 rings (SSSR count). The van der Waals surface area contributed by atoms with Crippen LogP contribution in [0, 0.1) is 6.92 Å². The van der Waals surface area contributed by atoms with Crippen LogP contribution in [0.4, 0.5) is 0 Å². The molecule has 0 saturated heterocycles. The number of methoxy groups -OCH3 is 1. The van der Waals surface area contributed by atoms with E-state index < -0.39 is 5.38 Å². The standard InChI is InChI=1S/C15H12Cl4O/c1-8-3-4-9(16)5-10(8)15(19)11-6-13(18)14(20-2)7-12(11)17/h3-7,15H,1-2H3. The smallest absolute Gasteiger partial charge is 0.138 e. The Morgan fingerprint density at radius 1 is 0.950 bits per heavy atom. The van der Waals surface area contributed by atoms with Crippen LogP contribution in [0.25, 0.3) is 0 Å². The van der Waals surface area contributed by atoms with E-state index in [-0.39, 0.29) is 0 Å². The molecule has 0 bridgehead atoms. The van der Waals surface area contributed by atoms with Crippen molar-refractivity contribution in [1.82, 2.24) is 0 Å². The Balaban J connectivity index is 2.50. The molecule has 0 N–H and O–H groups in total. The van der Waals surface area contributed by atoms with Gasteiger partial charge in [-0.05, 0) is 41.8 Å². The summed E-state index contributed by atoms with van der Waals surface area (Å²) in [6.07, 6.45) is 0. The highest BCUT2D eigenvalue weighted by Gasteiger charge is 2.19. The number of hydrogen-bond acceptors (Lipinski definition) is 1. The molecule has 20 heavy (non-hydrogen) atoms. The lowest BCUT2D eigenvalue weighted by Crippen LogP contribution is -1.98. The van der Waals surface area contributed by atoms with Crippen LogP contribution in [0.15, 0.2) is 30.3 Å². The lowest BCUT2D eigenvalue weighted by Gasteiger charge is -2.16. The van der Waals surface area contributed by atoms with Crippen molar-refractivity contribution in [2.24, 2.45) is 0 Å². The van der Waals surface area contributed by atoms with Crippen molar-refractivity contribution in [2.45, 2.75) is 12.3 Å². The molecule has 0 aliphatic heterocycles. The van der Waals surface area contributed by atoms with Gasteiger partial charge in [-0.25, -0.2) is 0 Å². The van der Waals surface area contributed by atoms with E-state index in [4.69, 9.17) is 51.1 Å². The van der Waals surface area contributed by atoms with Gasteiger partial charge in [0.05, 0.1) is 17.5 Å². The van der Waals surface area contributed by atoms with Gasteiger partial charge in [0, 0.05) is 16.1 Å². The molecule has 106 valence electrons. The molecule has 2 aromatic rings. The van der Waals surface area contributed by atoms with Crippen molar-refractivity contribution in [3.8, 4) is 5.75 Å². The highest BCUT2D eigenvalue weighted by molar-refractivity contribution is 6.36. The van der Waals surface area contributed by atoms with E-state index in [1.54, 1.807) is 12.1 Å². The molecular weight excluding hydrogens is 338 g/mol. The minimum Gasteiger partial charge on any atom is -0.495 e. The van der Waals surface area contributed by atoms with Crippen LogP contribution in [0.5, 0.6) is 5.75 Å². The normalized spacial score (nSPS) is 12.3. The van der Waals surface area contributed by atoms with Gasteiger partial charge in [-0.3, -0.25) is 0 Å². The Hall–Kier alpha value is -0.600. The first-order valence-electron chi connectivity index (χ1n) is 5.87. The molecule has 1 atom stereocenters. The third-order valence-corrected chi connectivity index (χ3v) is 4.39. The second-order valence-corrected chi connectivity index (χ2v) is 6.06. The molecule has 0 radical (unpaired) electrons. The van der Waals surface area contributed by atoms with Crippen molar-refractivity contribution in [3.05, 3.63) is 62.1 Å².